The van der Waals surface area contributed by atoms with Gasteiger partial charge in [0.05, 0.1) is 12.1 Å². The molecule has 1 aromatic heterocycles. The van der Waals surface area contributed by atoms with Gasteiger partial charge in [-0.25, -0.2) is 4.98 Å². The number of hydrogen-bond donors (Lipinski definition) is 0. The molecule has 0 unspecified atom stereocenters. The number of nitrogens with zero attached hydrogens (tertiary/aromatic N) is 2. The van der Waals surface area contributed by atoms with Gasteiger partial charge in [0.25, 0.3) is 0 Å². The molecule has 0 aromatic carbocycles. The Labute approximate surface area is 114 Å². The van der Waals surface area contributed by atoms with Crippen LogP contribution < -0.4 is 0 Å². The molecule has 0 amide bonds. The highest BCUT2D eigenvalue weighted by Crippen LogP contribution is 2.28. The van der Waals surface area contributed by atoms with E-state index in [1.165, 1.54) is 4.91 Å². The predicted molar refractivity (Wildman–Crippen MR) is 76.3 cm³/mol. The maximum absolute atomic E-state index is 5.79. The molecule has 1 aromatic rings. The highest BCUT2D eigenvalue weighted by molar-refractivity contribution is 8.03. The van der Waals surface area contributed by atoms with E-state index in [0.29, 0.717) is 0 Å². The lowest BCUT2D eigenvalue weighted by molar-refractivity contribution is 0.352. The number of allylic oxidation sites excluding steroid dienone is 1. The van der Waals surface area contributed by atoms with Crippen LogP contribution in [0.5, 0.6) is 0 Å². The monoisotopic (exact) mass is 266 g/mol. The van der Waals surface area contributed by atoms with Gasteiger partial charge in [0, 0.05) is 31.0 Å². The van der Waals surface area contributed by atoms with Crippen molar-refractivity contribution in [1.82, 2.24) is 9.88 Å². The summed E-state index contributed by atoms with van der Waals surface area (Å²) in [5.74, 6) is 2.93. The van der Waals surface area contributed by atoms with Crippen LogP contribution in [0.15, 0.2) is 21.7 Å². The van der Waals surface area contributed by atoms with Gasteiger partial charge in [0.1, 0.15) is 5.76 Å². The Morgan fingerprint density at radius 3 is 2.78 bits per heavy atom. The van der Waals surface area contributed by atoms with Gasteiger partial charge in [-0.2, -0.15) is 0 Å². The van der Waals surface area contributed by atoms with Crippen LogP contribution in [-0.2, 0) is 12.8 Å². The molecule has 1 aliphatic heterocycles. The van der Waals surface area contributed by atoms with Crippen LogP contribution in [0.25, 0.3) is 0 Å². The van der Waals surface area contributed by atoms with Crippen LogP contribution in [-0.4, -0.2) is 22.8 Å². The van der Waals surface area contributed by atoms with Crippen molar-refractivity contribution in [2.75, 3.05) is 12.9 Å². The Hall–Kier alpha value is -0.900. The molecule has 0 N–H and O–H groups in total. The predicted octanol–water partition coefficient (Wildman–Crippen LogP) is 3.67. The third-order valence-electron chi connectivity index (χ3n) is 2.71. The summed E-state index contributed by atoms with van der Waals surface area (Å²) in [6.45, 7) is 6.64. The molecule has 3 nitrogen and oxygen atoms in total. The zero-order valence-corrected chi connectivity index (χ0v) is 12.5. The summed E-state index contributed by atoms with van der Waals surface area (Å²) in [6, 6.07) is 0. The van der Waals surface area contributed by atoms with Crippen LogP contribution in [0.4, 0.5) is 0 Å². The lowest BCUT2D eigenvalue weighted by Crippen LogP contribution is -2.08. The van der Waals surface area contributed by atoms with E-state index in [9.17, 15) is 0 Å². The zero-order valence-electron chi connectivity index (χ0n) is 11.7. The smallest absolute Gasteiger partial charge is 0.194 e. The molecule has 2 rings (SSSR count). The summed E-state index contributed by atoms with van der Waals surface area (Å²) < 4.78 is 5.79. The minimum atomic E-state index is 0.253. The van der Waals surface area contributed by atoms with E-state index in [1.807, 2.05) is 18.0 Å². The summed E-state index contributed by atoms with van der Waals surface area (Å²) in [5.41, 5.74) is 0.253. The molecule has 1 aliphatic rings. The van der Waals surface area contributed by atoms with Crippen LogP contribution in [0, 0.1) is 5.41 Å². The van der Waals surface area contributed by atoms with Gasteiger partial charge in [-0.1, -0.05) is 20.8 Å². The second-order valence-corrected chi connectivity index (χ2v) is 7.15. The van der Waals surface area contributed by atoms with E-state index < -0.39 is 0 Å². The number of hydrogen-bond acceptors (Lipinski definition) is 4. The summed E-state index contributed by atoms with van der Waals surface area (Å²) >= 11 is 1.90. The first-order valence-electron chi connectivity index (χ1n) is 6.40. The number of aryl methyl sites for hydroxylation is 1. The van der Waals surface area contributed by atoms with Crippen molar-refractivity contribution in [3.63, 3.8) is 0 Å². The molecule has 0 radical (unpaired) electrons. The molecular formula is C14H22N2OS. The van der Waals surface area contributed by atoms with Gasteiger partial charge >= 0.3 is 0 Å². The number of aromatic nitrogens is 1. The van der Waals surface area contributed by atoms with Gasteiger partial charge in [-0.05, 0) is 11.8 Å². The quantitative estimate of drug-likeness (QED) is 0.831. The standard InChI is InChI=1S/C14H22N2OS/c1-14(2,3)7-11-8-15-13(17-11)6-5-12-9-16(4)10-18-12/h8-9H,5-7,10H2,1-4H3. The summed E-state index contributed by atoms with van der Waals surface area (Å²) in [6.07, 6.45) is 6.97. The van der Waals surface area contributed by atoms with E-state index in [2.05, 4.69) is 43.9 Å². The minimum absolute atomic E-state index is 0.253. The molecule has 100 valence electrons. The van der Waals surface area contributed by atoms with Gasteiger partial charge < -0.3 is 9.32 Å². The average molecular weight is 266 g/mol. The van der Waals surface area contributed by atoms with E-state index in [1.54, 1.807) is 0 Å². The lowest BCUT2D eigenvalue weighted by Gasteiger charge is -2.15. The first kappa shape index (κ1) is 13.5. The Morgan fingerprint density at radius 1 is 1.39 bits per heavy atom. The molecule has 0 aliphatic carbocycles. The summed E-state index contributed by atoms with van der Waals surface area (Å²) in [5, 5.41) is 0. The van der Waals surface area contributed by atoms with Crippen molar-refractivity contribution in [3.05, 3.63) is 29.0 Å². The van der Waals surface area contributed by atoms with Gasteiger partial charge in [0.15, 0.2) is 5.89 Å². The lowest BCUT2D eigenvalue weighted by atomic mass is 9.91. The molecule has 0 atom stereocenters. The Bertz CT molecular complexity index is 431. The molecule has 0 fully saturated rings. The molecule has 0 bridgehead atoms. The summed E-state index contributed by atoms with van der Waals surface area (Å²) in [4.78, 5) is 8.00. The fourth-order valence-corrected chi connectivity index (χ4v) is 2.88. The van der Waals surface area contributed by atoms with Crippen molar-refractivity contribution < 1.29 is 4.42 Å². The van der Waals surface area contributed by atoms with E-state index in [0.717, 1.165) is 36.8 Å². The second-order valence-electron chi connectivity index (χ2n) is 6.08. The maximum Gasteiger partial charge on any atom is 0.194 e. The fraction of sp³-hybridized carbons (Fsp3) is 0.643. The van der Waals surface area contributed by atoms with Crippen molar-refractivity contribution in [3.8, 4) is 0 Å². The molecule has 18 heavy (non-hydrogen) atoms. The van der Waals surface area contributed by atoms with Crippen molar-refractivity contribution in [2.45, 2.75) is 40.0 Å². The van der Waals surface area contributed by atoms with E-state index in [-0.39, 0.29) is 5.41 Å². The Balaban J connectivity index is 1.85. The summed E-state index contributed by atoms with van der Waals surface area (Å²) in [7, 11) is 2.10. The van der Waals surface area contributed by atoms with Crippen molar-refractivity contribution in [2.24, 2.45) is 5.41 Å². The van der Waals surface area contributed by atoms with Crippen molar-refractivity contribution >= 4 is 11.8 Å². The molecule has 0 spiro atoms. The largest absolute Gasteiger partial charge is 0.446 e. The van der Waals surface area contributed by atoms with Crippen LogP contribution in [0.3, 0.4) is 0 Å². The highest BCUT2D eigenvalue weighted by Gasteiger charge is 2.15. The van der Waals surface area contributed by atoms with Gasteiger partial charge in [-0.15, -0.1) is 11.8 Å². The van der Waals surface area contributed by atoms with Gasteiger partial charge in [0.2, 0.25) is 0 Å². The second kappa shape index (κ2) is 5.39. The molecule has 0 saturated heterocycles. The van der Waals surface area contributed by atoms with Crippen molar-refractivity contribution in [1.29, 1.82) is 0 Å². The van der Waals surface area contributed by atoms with Crippen LogP contribution in [0.1, 0.15) is 38.8 Å². The molecule has 2 heterocycles. The topological polar surface area (TPSA) is 29.3 Å². The first-order chi connectivity index (χ1) is 8.42. The third-order valence-corrected chi connectivity index (χ3v) is 3.93. The van der Waals surface area contributed by atoms with Crippen LogP contribution in [0.2, 0.25) is 0 Å². The van der Waals surface area contributed by atoms with Gasteiger partial charge in [-0.3, -0.25) is 0 Å². The fourth-order valence-electron chi connectivity index (χ4n) is 1.94. The molecular weight excluding hydrogens is 244 g/mol. The van der Waals surface area contributed by atoms with Crippen LogP contribution >= 0.6 is 11.8 Å². The number of rotatable bonds is 4. The highest BCUT2D eigenvalue weighted by atomic mass is 32.2. The first-order valence-corrected chi connectivity index (χ1v) is 7.38. The zero-order chi connectivity index (χ0) is 13.2. The molecule has 4 heteroatoms. The van der Waals surface area contributed by atoms with E-state index in [4.69, 9.17) is 4.42 Å². The number of thioether (sulfide) groups is 1. The normalized spacial score (nSPS) is 16.2. The number of oxazole rings is 1. The average Bonchev–Trinajstić information content (AvgIpc) is 2.82. The SMILES string of the molecule is CN1C=C(CCc2ncc(CC(C)(C)C)o2)SC1. The van der Waals surface area contributed by atoms with E-state index >= 15 is 0 Å². The Morgan fingerprint density at radius 2 is 2.17 bits per heavy atom. The maximum atomic E-state index is 5.79. The Kier molecular flexibility index (Phi) is 4.05. The third kappa shape index (κ3) is 4.09. The molecule has 0 saturated carbocycles. The minimum Gasteiger partial charge on any atom is -0.446 e.